The van der Waals surface area contributed by atoms with E-state index in [0.717, 1.165) is 29.0 Å². The van der Waals surface area contributed by atoms with Crippen LogP contribution in [0, 0.1) is 0 Å². The molecule has 6 heteroatoms. The molecule has 0 radical (unpaired) electrons. The highest BCUT2D eigenvalue weighted by Crippen LogP contribution is 2.25. The van der Waals surface area contributed by atoms with Crippen molar-refractivity contribution in [2.45, 2.75) is 13.3 Å². The maximum atomic E-state index is 4.55. The first-order valence-electron chi connectivity index (χ1n) is 7.91. The van der Waals surface area contributed by atoms with Gasteiger partial charge in [-0.15, -0.1) is 0 Å². The molecule has 6 nitrogen and oxygen atoms in total. The summed E-state index contributed by atoms with van der Waals surface area (Å²) >= 11 is 0. The predicted molar refractivity (Wildman–Crippen MR) is 94.3 cm³/mol. The molecule has 4 rings (SSSR count). The molecular formula is C18H18N6. The predicted octanol–water partition coefficient (Wildman–Crippen LogP) is 3.44. The van der Waals surface area contributed by atoms with Gasteiger partial charge >= 0.3 is 0 Å². The second-order valence-corrected chi connectivity index (χ2v) is 5.69. The number of nitrogens with zero attached hydrogens (tertiary/aromatic N) is 5. The van der Waals surface area contributed by atoms with Gasteiger partial charge in [0.2, 0.25) is 0 Å². The number of hydrogen-bond acceptors (Lipinski definition) is 4. The van der Waals surface area contributed by atoms with Crippen LogP contribution in [0.1, 0.15) is 12.5 Å². The minimum absolute atomic E-state index is 0.710. The average molecular weight is 318 g/mol. The third-order valence-corrected chi connectivity index (χ3v) is 4.05. The maximum Gasteiger partial charge on any atom is 0.180 e. The molecule has 3 heterocycles. The minimum Gasteiger partial charge on any atom is -0.335 e. The van der Waals surface area contributed by atoms with Crippen LogP contribution in [0.5, 0.6) is 0 Å². The number of rotatable bonds is 4. The van der Waals surface area contributed by atoms with E-state index < -0.39 is 0 Å². The molecule has 0 amide bonds. The number of anilines is 2. The van der Waals surface area contributed by atoms with Gasteiger partial charge in [0.05, 0.1) is 23.8 Å². The van der Waals surface area contributed by atoms with Gasteiger partial charge in [-0.3, -0.25) is 9.08 Å². The highest BCUT2D eigenvalue weighted by molar-refractivity contribution is 5.73. The third-order valence-electron chi connectivity index (χ3n) is 4.05. The number of aromatic nitrogens is 5. The van der Waals surface area contributed by atoms with E-state index >= 15 is 0 Å². The van der Waals surface area contributed by atoms with Crippen molar-refractivity contribution < 1.29 is 0 Å². The zero-order valence-corrected chi connectivity index (χ0v) is 13.6. The van der Waals surface area contributed by atoms with E-state index in [1.165, 1.54) is 5.56 Å². The van der Waals surface area contributed by atoms with Crippen molar-refractivity contribution in [3.63, 3.8) is 0 Å². The largest absolute Gasteiger partial charge is 0.335 e. The Bertz CT molecular complexity index is 980. The summed E-state index contributed by atoms with van der Waals surface area (Å²) in [4.78, 5) is 8.97. The molecule has 0 saturated heterocycles. The first-order valence-corrected chi connectivity index (χ1v) is 7.91. The second kappa shape index (κ2) is 5.81. The smallest absolute Gasteiger partial charge is 0.180 e. The van der Waals surface area contributed by atoms with Crippen LogP contribution in [-0.4, -0.2) is 24.1 Å². The molecule has 0 aliphatic heterocycles. The van der Waals surface area contributed by atoms with Crippen molar-refractivity contribution in [2.24, 2.45) is 7.05 Å². The first kappa shape index (κ1) is 14.4. The van der Waals surface area contributed by atoms with E-state index in [1.54, 1.807) is 17.1 Å². The zero-order chi connectivity index (χ0) is 16.5. The minimum atomic E-state index is 0.710. The van der Waals surface area contributed by atoms with Crippen LogP contribution in [0.25, 0.3) is 16.9 Å². The van der Waals surface area contributed by atoms with Gasteiger partial charge in [0, 0.05) is 31.2 Å². The molecule has 0 bridgehead atoms. The van der Waals surface area contributed by atoms with Crippen molar-refractivity contribution in [1.82, 2.24) is 24.1 Å². The number of nitrogens with one attached hydrogen (secondary N) is 1. The van der Waals surface area contributed by atoms with Crippen LogP contribution in [0.2, 0.25) is 0 Å². The Morgan fingerprint density at radius 2 is 1.92 bits per heavy atom. The molecule has 0 spiro atoms. The highest BCUT2D eigenvalue weighted by Gasteiger charge is 2.11. The Morgan fingerprint density at radius 3 is 2.62 bits per heavy atom. The van der Waals surface area contributed by atoms with Crippen LogP contribution < -0.4 is 5.32 Å². The van der Waals surface area contributed by atoms with E-state index in [2.05, 4.69) is 51.6 Å². The zero-order valence-electron chi connectivity index (χ0n) is 13.6. The monoisotopic (exact) mass is 318 g/mol. The summed E-state index contributed by atoms with van der Waals surface area (Å²) in [5.41, 5.74) is 5.18. The molecular weight excluding hydrogens is 300 g/mol. The SMILES string of the molecule is CCc1ccc(-c2cnc3c(Nc4cnn(C)c4)nccn23)cc1. The van der Waals surface area contributed by atoms with E-state index in [1.807, 2.05) is 30.0 Å². The van der Waals surface area contributed by atoms with E-state index in [4.69, 9.17) is 0 Å². The van der Waals surface area contributed by atoms with Gasteiger partial charge in [-0.25, -0.2) is 9.97 Å². The Balaban J connectivity index is 1.75. The van der Waals surface area contributed by atoms with Gasteiger partial charge in [-0.1, -0.05) is 31.2 Å². The van der Waals surface area contributed by atoms with Crippen molar-refractivity contribution in [1.29, 1.82) is 0 Å². The van der Waals surface area contributed by atoms with E-state index in [0.29, 0.717) is 5.82 Å². The summed E-state index contributed by atoms with van der Waals surface area (Å²) in [7, 11) is 1.88. The number of aryl methyl sites for hydroxylation is 2. The first-order chi connectivity index (χ1) is 11.7. The van der Waals surface area contributed by atoms with Gasteiger partial charge < -0.3 is 5.32 Å². The summed E-state index contributed by atoms with van der Waals surface area (Å²) in [6.07, 6.45) is 10.3. The molecule has 4 aromatic rings. The fourth-order valence-corrected chi connectivity index (χ4v) is 2.75. The Labute approximate surface area is 139 Å². The van der Waals surface area contributed by atoms with Gasteiger partial charge in [0.25, 0.3) is 0 Å². The molecule has 0 fully saturated rings. The standard InChI is InChI=1S/C18H18N6/c1-3-13-4-6-14(7-5-13)16-11-20-18-17(19-8-9-24(16)18)22-15-10-21-23(2)12-15/h4-12H,3H2,1-2H3,(H,19,22). The molecule has 0 aliphatic rings. The molecule has 120 valence electrons. The molecule has 0 unspecified atom stereocenters. The van der Waals surface area contributed by atoms with Crippen molar-refractivity contribution in [3.05, 3.63) is 60.8 Å². The Hall–Kier alpha value is -3.15. The van der Waals surface area contributed by atoms with Crippen molar-refractivity contribution in [3.8, 4) is 11.3 Å². The number of hydrogen-bond donors (Lipinski definition) is 1. The fraction of sp³-hybridized carbons (Fsp3) is 0.167. The quantitative estimate of drug-likeness (QED) is 0.626. The number of imidazole rings is 1. The number of benzene rings is 1. The Kier molecular flexibility index (Phi) is 3.49. The lowest BCUT2D eigenvalue weighted by molar-refractivity contribution is 0.768. The number of fused-ring (bicyclic) bond motifs is 1. The Morgan fingerprint density at radius 1 is 1.08 bits per heavy atom. The van der Waals surface area contributed by atoms with Gasteiger partial charge in [-0.2, -0.15) is 5.10 Å². The molecule has 1 aromatic carbocycles. The third kappa shape index (κ3) is 2.52. The highest BCUT2D eigenvalue weighted by atomic mass is 15.3. The molecule has 0 saturated carbocycles. The van der Waals surface area contributed by atoms with E-state index in [9.17, 15) is 0 Å². The van der Waals surface area contributed by atoms with Crippen LogP contribution in [0.15, 0.2) is 55.2 Å². The molecule has 24 heavy (non-hydrogen) atoms. The topological polar surface area (TPSA) is 60.0 Å². The van der Waals surface area contributed by atoms with Gasteiger partial charge in [0.15, 0.2) is 11.5 Å². The van der Waals surface area contributed by atoms with Crippen molar-refractivity contribution >= 4 is 17.2 Å². The summed E-state index contributed by atoms with van der Waals surface area (Å²) in [6.45, 7) is 2.16. The van der Waals surface area contributed by atoms with Crippen LogP contribution in [0.4, 0.5) is 11.5 Å². The van der Waals surface area contributed by atoms with Gasteiger partial charge in [0.1, 0.15) is 0 Å². The summed E-state index contributed by atoms with van der Waals surface area (Å²) < 4.78 is 3.79. The summed E-state index contributed by atoms with van der Waals surface area (Å²) in [5, 5.41) is 7.43. The lowest BCUT2D eigenvalue weighted by Gasteiger charge is -2.06. The molecule has 3 aromatic heterocycles. The average Bonchev–Trinajstić information content (AvgIpc) is 3.22. The van der Waals surface area contributed by atoms with Crippen LogP contribution >= 0.6 is 0 Å². The van der Waals surface area contributed by atoms with Crippen LogP contribution in [-0.2, 0) is 13.5 Å². The molecule has 1 N–H and O–H groups in total. The van der Waals surface area contributed by atoms with E-state index in [-0.39, 0.29) is 0 Å². The van der Waals surface area contributed by atoms with Gasteiger partial charge in [-0.05, 0) is 12.0 Å². The molecule has 0 aliphatic carbocycles. The summed E-state index contributed by atoms with van der Waals surface area (Å²) in [6, 6.07) is 8.59. The normalized spacial score (nSPS) is 11.1. The fourth-order valence-electron chi connectivity index (χ4n) is 2.75. The van der Waals surface area contributed by atoms with Crippen LogP contribution in [0.3, 0.4) is 0 Å². The maximum absolute atomic E-state index is 4.55. The lowest BCUT2D eigenvalue weighted by Crippen LogP contribution is -1.98. The van der Waals surface area contributed by atoms with Crippen molar-refractivity contribution in [2.75, 3.05) is 5.32 Å². The summed E-state index contributed by atoms with van der Waals surface area (Å²) in [5.74, 6) is 0.710. The lowest BCUT2D eigenvalue weighted by atomic mass is 10.1. The molecule has 0 atom stereocenters. The second-order valence-electron chi connectivity index (χ2n) is 5.69.